The number of nitriles is 1. The van der Waals surface area contributed by atoms with E-state index in [1.807, 2.05) is 32.9 Å². The SMILES string of the molecule is COc1cc2c3c(c1)[C@@]1(C(=O)N3C(C)(C)C=C2C)C(C#N)=C(N)NC(=O)[C@@H]1C(N)=O. The topological polar surface area (TPSA) is 152 Å². The minimum absolute atomic E-state index is 0.214. The van der Waals surface area contributed by atoms with Crippen LogP contribution < -0.4 is 26.4 Å². The van der Waals surface area contributed by atoms with Crippen LogP contribution in [0.3, 0.4) is 0 Å². The lowest BCUT2D eigenvalue weighted by Gasteiger charge is -2.41. The molecule has 0 saturated carbocycles. The third-order valence-electron chi connectivity index (χ3n) is 6.09. The highest BCUT2D eigenvalue weighted by Crippen LogP contribution is 2.58. The first kappa shape index (κ1) is 19.5. The lowest BCUT2D eigenvalue weighted by molar-refractivity contribution is -0.141. The number of amides is 3. The van der Waals surface area contributed by atoms with Gasteiger partial charge in [-0.2, -0.15) is 5.26 Å². The van der Waals surface area contributed by atoms with E-state index < -0.39 is 34.6 Å². The van der Waals surface area contributed by atoms with Crippen molar-refractivity contribution in [1.29, 1.82) is 5.26 Å². The number of fused-ring (bicyclic) bond motifs is 1. The number of ether oxygens (including phenoxy) is 1. The highest BCUT2D eigenvalue weighted by molar-refractivity contribution is 6.22. The summed E-state index contributed by atoms with van der Waals surface area (Å²) in [7, 11) is 1.47. The number of nitrogens with one attached hydrogen (secondary N) is 1. The molecule has 0 aromatic heterocycles. The molecule has 0 aliphatic carbocycles. The number of benzene rings is 1. The van der Waals surface area contributed by atoms with Crippen LogP contribution in [0.1, 0.15) is 31.9 Å². The van der Waals surface area contributed by atoms with Gasteiger partial charge in [0.05, 0.1) is 23.9 Å². The Morgan fingerprint density at radius 2 is 2.00 bits per heavy atom. The van der Waals surface area contributed by atoms with E-state index in [1.54, 1.807) is 12.1 Å². The molecule has 0 unspecified atom stereocenters. The molecule has 0 fully saturated rings. The minimum atomic E-state index is -1.97. The number of rotatable bonds is 2. The number of carbonyl (C=O) groups is 3. The van der Waals surface area contributed by atoms with Gasteiger partial charge in [0, 0.05) is 11.1 Å². The van der Waals surface area contributed by atoms with Crippen molar-refractivity contribution >= 4 is 29.0 Å². The van der Waals surface area contributed by atoms with Gasteiger partial charge in [0.25, 0.3) is 0 Å². The lowest BCUT2D eigenvalue weighted by Crippen LogP contribution is -2.62. The molecule has 1 aromatic carbocycles. The molecule has 2 atom stereocenters. The Bertz CT molecular complexity index is 1160. The molecular formula is C21H21N5O4. The Morgan fingerprint density at radius 3 is 2.57 bits per heavy atom. The van der Waals surface area contributed by atoms with Crippen LogP contribution in [0.25, 0.3) is 5.57 Å². The number of allylic oxidation sites excluding steroid dienone is 1. The number of methoxy groups -OCH3 is 1. The van der Waals surface area contributed by atoms with Gasteiger partial charge in [-0.3, -0.25) is 14.4 Å². The van der Waals surface area contributed by atoms with Crippen LogP contribution in [0.15, 0.2) is 29.6 Å². The summed E-state index contributed by atoms with van der Waals surface area (Å²) < 4.78 is 5.43. The maximum absolute atomic E-state index is 14.1. The van der Waals surface area contributed by atoms with E-state index in [0.717, 1.165) is 5.57 Å². The van der Waals surface area contributed by atoms with Crippen LogP contribution in [0.5, 0.6) is 5.75 Å². The highest BCUT2D eigenvalue weighted by atomic mass is 16.5. The molecule has 3 aliphatic rings. The summed E-state index contributed by atoms with van der Waals surface area (Å²) in [6.07, 6.45) is 1.91. The second-order valence-corrected chi connectivity index (χ2v) is 8.23. The van der Waals surface area contributed by atoms with E-state index in [1.165, 1.54) is 12.0 Å². The molecule has 9 nitrogen and oxygen atoms in total. The molecule has 0 saturated heterocycles. The van der Waals surface area contributed by atoms with E-state index in [2.05, 4.69) is 5.32 Å². The summed E-state index contributed by atoms with van der Waals surface area (Å²) in [5.74, 6) is -3.96. The lowest BCUT2D eigenvalue weighted by atomic mass is 9.63. The van der Waals surface area contributed by atoms with Gasteiger partial charge in [0.1, 0.15) is 29.0 Å². The zero-order valence-corrected chi connectivity index (χ0v) is 17.0. The molecule has 5 N–H and O–H groups in total. The molecule has 1 spiro atoms. The molecule has 4 rings (SSSR count). The molecule has 3 aliphatic heterocycles. The Balaban J connectivity index is 2.23. The average Bonchev–Trinajstić information content (AvgIpc) is 2.89. The van der Waals surface area contributed by atoms with Gasteiger partial charge in [-0.15, -0.1) is 0 Å². The fourth-order valence-corrected chi connectivity index (χ4v) is 5.02. The maximum atomic E-state index is 14.1. The first-order chi connectivity index (χ1) is 14.0. The van der Waals surface area contributed by atoms with E-state index in [9.17, 15) is 19.6 Å². The number of hydrogen-bond acceptors (Lipinski definition) is 6. The predicted molar refractivity (Wildman–Crippen MR) is 108 cm³/mol. The first-order valence-electron chi connectivity index (χ1n) is 9.29. The number of anilines is 1. The van der Waals surface area contributed by atoms with Crippen molar-refractivity contribution in [3.05, 3.63) is 40.7 Å². The first-order valence-corrected chi connectivity index (χ1v) is 9.29. The van der Waals surface area contributed by atoms with Crippen molar-refractivity contribution in [3.8, 4) is 11.8 Å². The Labute approximate surface area is 172 Å². The molecule has 3 amide bonds. The van der Waals surface area contributed by atoms with Gasteiger partial charge in [-0.25, -0.2) is 0 Å². The summed E-state index contributed by atoms with van der Waals surface area (Å²) in [4.78, 5) is 40.9. The molecule has 3 heterocycles. The number of hydrogen-bond donors (Lipinski definition) is 3. The number of nitrogens with two attached hydrogens (primary N) is 2. The summed E-state index contributed by atoms with van der Waals surface area (Å²) in [5.41, 5.74) is 11.0. The third-order valence-corrected chi connectivity index (χ3v) is 6.09. The van der Waals surface area contributed by atoms with Crippen LogP contribution in [-0.4, -0.2) is 30.4 Å². The van der Waals surface area contributed by atoms with Gasteiger partial charge in [0.15, 0.2) is 0 Å². The predicted octanol–water partition coefficient (Wildman–Crippen LogP) is 0.400. The maximum Gasteiger partial charge on any atom is 0.245 e. The van der Waals surface area contributed by atoms with Crippen LogP contribution in [0, 0.1) is 17.2 Å². The highest BCUT2D eigenvalue weighted by Gasteiger charge is 2.67. The fraction of sp³-hybridized carbons (Fsp3) is 0.333. The molecule has 154 valence electrons. The Hall–Kier alpha value is -3.80. The summed E-state index contributed by atoms with van der Waals surface area (Å²) in [5, 5.41) is 12.3. The number of nitrogens with zero attached hydrogens (tertiary/aromatic N) is 2. The molecule has 30 heavy (non-hydrogen) atoms. The van der Waals surface area contributed by atoms with E-state index >= 15 is 0 Å². The van der Waals surface area contributed by atoms with Gasteiger partial charge in [-0.1, -0.05) is 6.08 Å². The zero-order chi connectivity index (χ0) is 22.2. The number of carbonyl (C=O) groups excluding carboxylic acids is 3. The van der Waals surface area contributed by atoms with Crippen LogP contribution >= 0.6 is 0 Å². The van der Waals surface area contributed by atoms with Crippen molar-refractivity contribution in [3.63, 3.8) is 0 Å². The molecule has 0 bridgehead atoms. The summed E-state index contributed by atoms with van der Waals surface area (Å²) in [6.45, 7) is 5.58. The number of primary amides is 1. The van der Waals surface area contributed by atoms with E-state index in [-0.39, 0.29) is 11.4 Å². The normalized spacial score (nSPS) is 26.2. The second kappa shape index (κ2) is 5.86. The standard InChI is InChI=1S/C21H21N5O4/c1-9-7-20(2,3)26-15-11(9)5-10(30-4)6-12(15)21(19(26)29)13(8-22)16(23)25-18(28)14(21)17(24)27/h5-7,14H,23H2,1-4H3,(H2,24,27)(H,25,28)/t14-,21+/m0/s1. The Morgan fingerprint density at radius 1 is 1.33 bits per heavy atom. The average molecular weight is 407 g/mol. The summed E-state index contributed by atoms with van der Waals surface area (Å²) in [6, 6.07) is 5.30. The minimum Gasteiger partial charge on any atom is -0.497 e. The van der Waals surface area contributed by atoms with Crippen molar-refractivity contribution in [2.45, 2.75) is 31.7 Å². The van der Waals surface area contributed by atoms with Crippen molar-refractivity contribution in [1.82, 2.24) is 5.32 Å². The van der Waals surface area contributed by atoms with E-state index in [4.69, 9.17) is 16.2 Å². The molecular weight excluding hydrogens is 386 g/mol. The quantitative estimate of drug-likeness (QED) is 0.604. The van der Waals surface area contributed by atoms with Crippen molar-refractivity contribution in [2.24, 2.45) is 17.4 Å². The molecule has 1 aromatic rings. The van der Waals surface area contributed by atoms with Gasteiger partial charge >= 0.3 is 0 Å². The van der Waals surface area contributed by atoms with Crippen molar-refractivity contribution < 1.29 is 19.1 Å². The third kappa shape index (κ3) is 2.08. The van der Waals surface area contributed by atoms with Gasteiger partial charge in [-0.05, 0) is 38.5 Å². The summed E-state index contributed by atoms with van der Waals surface area (Å²) >= 11 is 0. The second-order valence-electron chi connectivity index (χ2n) is 8.23. The zero-order valence-electron chi connectivity index (χ0n) is 17.0. The van der Waals surface area contributed by atoms with Gasteiger partial charge in [0.2, 0.25) is 17.7 Å². The van der Waals surface area contributed by atoms with Crippen molar-refractivity contribution in [2.75, 3.05) is 12.0 Å². The largest absolute Gasteiger partial charge is 0.497 e. The molecule has 0 radical (unpaired) electrons. The smallest absolute Gasteiger partial charge is 0.245 e. The fourth-order valence-electron chi connectivity index (χ4n) is 5.02. The monoisotopic (exact) mass is 407 g/mol. The molecule has 9 heteroatoms. The Kier molecular flexibility index (Phi) is 3.81. The van der Waals surface area contributed by atoms with Crippen LogP contribution in [0.4, 0.5) is 5.69 Å². The van der Waals surface area contributed by atoms with Crippen LogP contribution in [-0.2, 0) is 19.8 Å². The van der Waals surface area contributed by atoms with Crippen LogP contribution in [0.2, 0.25) is 0 Å². The van der Waals surface area contributed by atoms with E-state index in [0.29, 0.717) is 22.6 Å². The van der Waals surface area contributed by atoms with Gasteiger partial charge < -0.3 is 26.4 Å².